The predicted octanol–water partition coefficient (Wildman–Crippen LogP) is 7.92. The summed E-state index contributed by atoms with van der Waals surface area (Å²) < 4.78 is 18.1. The van der Waals surface area contributed by atoms with Crippen LogP contribution in [0.3, 0.4) is 0 Å². The minimum Gasteiger partial charge on any atom is -0.504 e. The average molecular weight is 600 g/mol. The summed E-state index contributed by atoms with van der Waals surface area (Å²) in [5.41, 5.74) is 5.56. The number of methoxy groups -OCH3 is 2. The van der Waals surface area contributed by atoms with Gasteiger partial charge in [0.25, 0.3) is 0 Å². The van der Waals surface area contributed by atoms with E-state index in [0.29, 0.717) is 35.2 Å². The van der Waals surface area contributed by atoms with Gasteiger partial charge in [0.1, 0.15) is 6.10 Å². The fourth-order valence-corrected chi connectivity index (χ4v) is 6.19. The fourth-order valence-electron chi connectivity index (χ4n) is 5.99. The summed E-state index contributed by atoms with van der Waals surface area (Å²) in [7, 11) is 3.20. The topological polar surface area (TPSA) is 71.4 Å². The van der Waals surface area contributed by atoms with Gasteiger partial charge in [-0.2, -0.15) is 0 Å². The average Bonchev–Trinajstić information content (AvgIpc) is 3.34. The summed E-state index contributed by atoms with van der Waals surface area (Å²) in [6, 6.07) is 25.2. The van der Waals surface area contributed by atoms with Crippen LogP contribution in [0.4, 0.5) is 0 Å². The van der Waals surface area contributed by atoms with E-state index in [0.717, 1.165) is 33.6 Å². The molecule has 4 aromatic rings. The predicted molar refractivity (Wildman–Crippen MR) is 171 cm³/mol. The lowest BCUT2D eigenvalue weighted by Gasteiger charge is -2.33. The monoisotopic (exact) mass is 599 g/mol. The molecule has 0 saturated carbocycles. The molecule has 0 radical (unpaired) electrons. The fraction of sp³-hybridized carbons (Fsp3) is 0.278. The van der Waals surface area contributed by atoms with Gasteiger partial charge in [0.05, 0.1) is 26.9 Å². The SMILES string of the molecule is C/C=C/c1cc(OC)c2c(c1)[C@H](C)[C@@H](c1cc(OC)c(O)c(C(c3cccc(Cl)c3)N(CCO)Cc3ccccc3)c1)O2. The van der Waals surface area contributed by atoms with Crippen LogP contribution in [0.15, 0.2) is 84.9 Å². The Balaban J connectivity index is 1.65. The van der Waals surface area contributed by atoms with Gasteiger partial charge in [-0.3, -0.25) is 4.90 Å². The largest absolute Gasteiger partial charge is 0.504 e. The number of aromatic hydroxyl groups is 1. The Bertz CT molecular complexity index is 1590. The van der Waals surface area contributed by atoms with Crippen LogP contribution in [0.5, 0.6) is 23.0 Å². The van der Waals surface area contributed by atoms with Gasteiger partial charge in [-0.15, -0.1) is 0 Å². The van der Waals surface area contributed by atoms with Gasteiger partial charge in [0, 0.05) is 35.2 Å². The van der Waals surface area contributed by atoms with Gasteiger partial charge in [0.2, 0.25) is 0 Å². The molecule has 6 nitrogen and oxygen atoms in total. The Labute approximate surface area is 258 Å². The number of phenols is 1. The van der Waals surface area contributed by atoms with Crippen LogP contribution in [-0.4, -0.2) is 42.5 Å². The zero-order valence-corrected chi connectivity index (χ0v) is 25.7. The molecule has 0 amide bonds. The summed E-state index contributed by atoms with van der Waals surface area (Å²) in [6.07, 6.45) is 3.70. The summed E-state index contributed by atoms with van der Waals surface area (Å²) >= 11 is 6.49. The Morgan fingerprint density at radius 2 is 1.74 bits per heavy atom. The Morgan fingerprint density at radius 1 is 0.977 bits per heavy atom. The van der Waals surface area contributed by atoms with Crippen LogP contribution in [0, 0.1) is 0 Å². The number of ether oxygens (including phenoxy) is 3. The van der Waals surface area contributed by atoms with Crippen molar-refractivity contribution in [2.45, 2.75) is 38.5 Å². The molecule has 1 aliphatic heterocycles. The first kappa shape index (κ1) is 30.5. The maximum absolute atomic E-state index is 11.6. The van der Waals surface area contributed by atoms with Crippen molar-refractivity contribution >= 4 is 17.7 Å². The molecule has 7 heteroatoms. The molecule has 0 aliphatic carbocycles. The number of rotatable bonds is 11. The third kappa shape index (κ3) is 6.37. The van der Waals surface area contributed by atoms with Crippen molar-refractivity contribution in [1.82, 2.24) is 4.90 Å². The molecule has 5 rings (SSSR count). The van der Waals surface area contributed by atoms with Gasteiger partial charge in [-0.25, -0.2) is 0 Å². The maximum Gasteiger partial charge on any atom is 0.165 e. The number of hydrogen-bond donors (Lipinski definition) is 2. The second kappa shape index (κ2) is 13.6. The van der Waals surface area contributed by atoms with Crippen LogP contribution >= 0.6 is 11.6 Å². The van der Waals surface area contributed by atoms with Crippen LogP contribution in [0.1, 0.15) is 65.3 Å². The second-order valence-corrected chi connectivity index (χ2v) is 11.2. The lowest BCUT2D eigenvalue weighted by Crippen LogP contribution is -2.32. The normalized spacial score (nSPS) is 16.7. The lowest BCUT2D eigenvalue weighted by molar-refractivity contribution is 0.158. The minimum atomic E-state index is -0.449. The van der Waals surface area contributed by atoms with Gasteiger partial charge in [-0.05, 0) is 65.6 Å². The highest BCUT2D eigenvalue weighted by Gasteiger charge is 2.37. The molecule has 0 spiro atoms. The zero-order valence-electron chi connectivity index (χ0n) is 25.0. The third-order valence-corrected chi connectivity index (χ3v) is 8.22. The van der Waals surface area contributed by atoms with Gasteiger partial charge >= 0.3 is 0 Å². The number of aliphatic hydroxyl groups excluding tert-OH is 1. The first-order valence-corrected chi connectivity index (χ1v) is 14.8. The summed E-state index contributed by atoms with van der Waals surface area (Å²) in [5.74, 6) is 1.78. The van der Waals surface area contributed by atoms with Crippen molar-refractivity contribution in [3.05, 3.63) is 123 Å². The van der Waals surface area contributed by atoms with E-state index in [1.807, 2.05) is 79.7 Å². The van der Waals surface area contributed by atoms with E-state index >= 15 is 0 Å². The molecule has 43 heavy (non-hydrogen) atoms. The van der Waals surface area contributed by atoms with Crippen molar-refractivity contribution < 1.29 is 24.4 Å². The number of fused-ring (bicyclic) bond motifs is 1. The smallest absolute Gasteiger partial charge is 0.165 e. The molecule has 224 valence electrons. The number of allylic oxidation sites excluding steroid dienone is 1. The number of nitrogens with zero attached hydrogens (tertiary/aromatic N) is 1. The van der Waals surface area contributed by atoms with Crippen LogP contribution in [0.25, 0.3) is 6.08 Å². The van der Waals surface area contributed by atoms with Crippen LogP contribution in [0.2, 0.25) is 5.02 Å². The van der Waals surface area contributed by atoms with E-state index in [1.54, 1.807) is 14.2 Å². The minimum absolute atomic E-state index is 0.00121. The van der Waals surface area contributed by atoms with Crippen molar-refractivity contribution in [2.24, 2.45) is 0 Å². The van der Waals surface area contributed by atoms with Gasteiger partial charge < -0.3 is 24.4 Å². The zero-order chi connectivity index (χ0) is 30.5. The summed E-state index contributed by atoms with van der Waals surface area (Å²) in [6.45, 7) is 4.97. The standard InChI is InChI=1S/C36H38ClNO5/c1-5-10-25-17-29-23(2)35(43-36(29)32(18-25)42-4)27-20-30(34(40)31(21-27)41-3)33(26-13-9-14-28(37)19-26)38(15-16-39)22-24-11-7-6-8-12-24/h5-14,17-21,23,33,35,39-40H,15-16,22H2,1-4H3/b10-5+/t23-,33?,35-/m0/s1. The van der Waals surface area contributed by atoms with Gasteiger partial charge in [-0.1, -0.05) is 73.1 Å². The van der Waals surface area contributed by atoms with Crippen LogP contribution in [-0.2, 0) is 6.54 Å². The third-order valence-electron chi connectivity index (χ3n) is 7.99. The van der Waals surface area contributed by atoms with Crippen molar-refractivity contribution in [1.29, 1.82) is 0 Å². The van der Waals surface area contributed by atoms with E-state index in [1.165, 1.54) is 0 Å². The van der Waals surface area contributed by atoms with E-state index in [4.69, 9.17) is 25.8 Å². The second-order valence-electron chi connectivity index (χ2n) is 10.8. The molecule has 0 saturated heterocycles. The molecule has 1 heterocycles. The molecule has 0 fully saturated rings. The van der Waals surface area contributed by atoms with Crippen molar-refractivity contribution in [2.75, 3.05) is 27.4 Å². The number of phenolic OH excluding ortho intramolecular Hbond substituents is 1. The molecule has 1 unspecified atom stereocenters. The highest BCUT2D eigenvalue weighted by Crippen LogP contribution is 2.52. The molecule has 4 aromatic carbocycles. The number of benzene rings is 4. The molecule has 1 aliphatic rings. The van der Waals surface area contributed by atoms with Crippen molar-refractivity contribution in [3.63, 3.8) is 0 Å². The summed E-state index contributed by atoms with van der Waals surface area (Å²) in [4.78, 5) is 2.14. The molecule has 2 N–H and O–H groups in total. The Kier molecular flexibility index (Phi) is 9.61. The Morgan fingerprint density at radius 3 is 2.42 bits per heavy atom. The maximum atomic E-state index is 11.6. The molecule has 0 bridgehead atoms. The highest BCUT2D eigenvalue weighted by molar-refractivity contribution is 6.30. The lowest BCUT2D eigenvalue weighted by atomic mass is 9.88. The van der Waals surface area contributed by atoms with Gasteiger partial charge in [0.15, 0.2) is 23.0 Å². The van der Waals surface area contributed by atoms with Crippen molar-refractivity contribution in [3.8, 4) is 23.0 Å². The number of aliphatic hydroxyl groups is 1. The van der Waals surface area contributed by atoms with E-state index in [-0.39, 0.29) is 24.4 Å². The Hall–Kier alpha value is -3.97. The molecule has 3 atom stereocenters. The molecular formula is C36H38ClNO5. The number of halogens is 1. The summed E-state index contributed by atoms with van der Waals surface area (Å²) in [5, 5.41) is 22.4. The van der Waals surface area contributed by atoms with E-state index < -0.39 is 6.04 Å². The highest BCUT2D eigenvalue weighted by atomic mass is 35.5. The molecular weight excluding hydrogens is 562 g/mol. The van der Waals surface area contributed by atoms with Crippen LogP contribution < -0.4 is 14.2 Å². The number of hydrogen-bond acceptors (Lipinski definition) is 6. The quantitative estimate of drug-likeness (QED) is 0.182. The first-order valence-electron chi connectivity index (χ1n) is 14.4. The van der Waals surface area contributed by atoms with E-state index in [2.05, 4.69) is 30.0 Å². The molecule has 0 aromatic heterocycles. The van der Waals surface area contributed by atoms with E-state index in [9.17, 15) is 10.2 Å². The first-order chi connectivity index (χ1) is 20.9.